The van der Waals surface area contributed by atoms with Gasteiger partial charge in [0.25, 0.3) is 0 Å². The quantitative estimate of drug-likeness (QED) is 0.579. The molecule has 1 saturated heterocycles. The molecular weight excluding hydrogens is 276 g/mol. The molecule has 2 aliphatic rings. The zero-order valence-corrected chi connectivity index (χ0v) is 12.3. The van der Waals surface area contributed by atoms with Crippen molar-refractivity contribution in [2.75, 3.05) is 5.75 Å². The molecule has 2 fully saturated rings. The molecule has 1 aliphatic heterocycles. The minimum Gasteiger partial charge on any atom is -0.461 e. The monoisotopic (exact) mass is 294 g/mol. The van der Waals surface area contributed by atoms with Gasteiger partial charge in [0.15, 0.2) is 0 Å². The Hall–Kier alpha value is -0.290. The lowest BCUT2D eigenvalue weighted by atomic mass is 9.63. The summed E-state index contributed by atoms with van der Waals surface area (Å²) in [7, 11) is 1.67. The Morgan fingerprint density at radius 1 is 1.33 bits per heavy atom. The zero-order chi connectivity index (χ0) is 13.6. The van der Waals surface area contributed by atoms with Gasteiger partial charge in [-0.3, -0.25) is 4.79 Å². The Bertz CT molecular complexity index is 435. The lowest BCUT2D eigenvalue weighted by molar-refractivity contribution is -0.141. The summed E-state index contributed by atoms with van der Waals surface area (Å²) in [6.07, 6.45) is 2.58. The Morgan fingerprint density at radius 3 is 2.39 bits per heavy atom. The number of rotatable bonds is 2. The van der Waals surface area contributed by atoms with Gasteiger partial charge in [0.1, 0.15) is 11.9 Å². The standard InChI is InChI=1S/C12H19ClO4S/c1-8-3-9(2)5-12(4-8)6-11(14)17-10(12)7-18(13,15)16/h8-10H,3-7H2,1-2H3. The van der Waals surface area contributed by atoms with Gasteiger partial charge in [0, 0.05) is 16.1 Å². The number of hydrogen-bond acceptors (Lipinski definition) is 4. The highest BCUT2D eigenvalue weighted by molar-refractivity contribution is 8.13. The van der Waals surface area contributed by atoms with Gasteiger partial charge >= 0.3 is 5.97 Å². The average Bonchev–Trinajstić information content (AvgIpc) is 2.36. The van der Waals surface area contributed by atoms with E-state index < -0.39 is 15.2 Å². The van der Waals surface area contributed by atoms with Crippen LogP contribution in [0.5, 0.6) is 0 Å². The molecule has 4 nitrogen and oxygen atoms in total. The Labute approximate surface area is 112 Å². The first-order valence-corrected chi connectivity index (χ1v) is 8.80. The van der Waals surface area contributed by atoms with E-state index in [2.05, 4.69) is 13.8 Å². The summed E-state index contributed by atoms with van der Waals surface area (Å²) < 4.78 is 27.7. The first-order chi connectivity index (χ1) is 8.20. The summed E-state index contributed by atoms with van der Waals surface area (Å²) in [5, 5.41) is 0. The van der Waals surface area contributed by atoms with Crippen LogP contribution in [0.3, 0.4) is 0 Å². The van der Waals surface area contributed by atoms with Crippen LogP contribution in [-0.4, -0.2) is 26.2 Å². The van der Waals surface area contributed by atoms with Gasteiger partial charge < -0.3 is 4.74 Å². The van der Waals surface area contributed by atoms with Crippen LogP contribution >= 0.6 is 10.7 Å². The molecule has 0 N–H and O–H groups in total. The van der Waals surface area contributed by atoms with E-state index in [1.165, 1.54) is 0 Å². The van der Waals surface area contributed by atoms with Crippen molar-refractivity contribution in [3.8, 4) is 0 Å². The molecule has 18 heavy (non-hydrogen) atoms. The van der Waals surface area contributed by atoms with Gasteiger partial charge in [-0.2, -0.15) is 0 Å². The largest absolute Gasteiger partial charge is 0.461 e. The molecule has 104 valence electrons. The number of cyclic esters (lactones) is 1. The van der Waals surface area contributed by atoms with Gasteiger partial charge in [-0.25, -0.2) is 8.42 Å². The van der Waals surface area contributed by atoms with Crippen molar-refractivity contribution in [2.24, 2.45) is 17.3 Å². The van der Waals surface area contributed by atoms with Gasteiger partial charge in [-0.15, -0.1) is 0 Å². The highest BCUT2D eigenvalue weighted by Gasteiger charge is 2.53. The number of carbonyl (C=O) groups excluding carboxylic acids is 1. The van der Waals surface area contributed by atoms with Crippen molar-refractivity contribution in [3.63, 3.8) is 0 Å². The molecule has 0 radical (unpaired) electrons. The minimum absolute atomic E-state index is 0.264. The second-order valence-electron chi connectivity index (χ2n) is 6.08. The average molecular weight is 295 g/mol. The SMILES string of the molecule is CC1CC(C)CC2(CC(=O)OC2CS(=O)(=O)Cl)C1. The molecule has 0 amide bonds. The van der Waals surface area contributed by atoms with Crippen molar-refractivity contribution >= 4 is 25.7 Å². The topological polar surface area (TPSA) is 60.4 Å². The fraction of sp³-hybridized carbons (Fsp3) is 0.917. The van der Waals surface area contributed by atoms with Crippen LogP contribution < -0.4 is 0 Å². The Balaban J connectivity index is 2.25. The van der Waals surface area contributed by atoms with Crippen LogP contribution in [0.25, 0.3) is 0 Å². The number of ether oxygens (including phenoxy) is 1. The molecule has 6 heteroatoms. The van der Waals surface area contributed by atoms with Crippen LogP contribution in [-0.2, 0) is 18.6 Å². The van der Waals surface area contributed by atoms with Crippen molar-refractivity contribution in [1.82, 2.24) is 0 Å². The highest BCUT2D eigenvalue weighted by Crippen LogP contribution is 2.51. The first kappa shape index (κ1) is 14.1. The van der Waals surface area contributed by atoms with Gasteiger partial charge in [-0.1, -0.05) is 13.8 Å². The number of hydrogen-bond donors (Lipinski definition) is 0. The molecule has 1 aliphatic carbocycles. The summed E-state index contributed by atoms with van der Waals surface area (Å²) in [6, 6.07) is 0. The van der Waals surface area contributed by atoms with Crippen LogP contribution in [0, 0.1) is 17.3 Å². The molecule has 0 aromatic heterocycles. The summed E-state index contributed by atoms with van der Waals surface area (Å²) in [5.74, 6) is 0.425. The third-order valence-electron chi connectivity index (χ3n) is 4.12. The minimum atomic E-state index is -3.65. The van der Waals surface area contributed by atoms with E-state index in [1.807, 2.05) is 0 Å². The molecular formula is C12H19ClO4S. The number of esters is 1. The molecule has 2 rings (SSSR count). The molecule has 3 atom stereocenters. The molecule has 1 saturated carbocycles. The normalized spacial score (nSPS) is 41.1. The molecule has 1 heterocycles. The maximum absolute atomic E-state index is 11.6. The maximum Gasteiger partial charge on any atom is 0.306 e. The lowest BCUT2D eigenvalue weighted by Gasteiger charge is -2.41. The van der Waals surface area contributed by atoms with Crippen LogP contribution in [0.1, 0.15) is 39.5 Å². The highest BCUT2D eigenvalue weighted by atomic mass is 35.7. The summed E-state index contributed by atoms with van der Waals surface area (Å²) in [4.78, 5) is 11.6. The predicted octanol–water partition coefficient (Wildman–Crippen LogP) is 2.31. The third kappa shape index (κ3) is 2.99. The first-order valence-electron chi connectivity index (χ1n) is 6.32. The van der Waals surface area contributed by atoms with E-state index in [0.29, 0.717) is 18.3 Å². The van der Waals surface area contributed by atoms with Crippen LogP contribution in [0.15, 0.2) is 0 Å². The molecule has 0 aromatic rings. The van der Waals surface area contributed by atoms with Crippen molar-refractivity contribution in [3.05, 3.63) is 0 Å². The molecule has 0 bridgehead atoms. The second-order valence-corrected chi connectivity index (χ2v) is 8.90. The van der Waals surface area contributed by atoms with E-state index in [4.69, 9.17) is 15.4 Å². The summed E-state index contributed by atoms with van der Waals surface area (Å²) in [6.45, 7) is 4.29. The number of halogens is 1. The molecule has 3 unspecified atom stereocenters. The van der Waals surface area contributed by atoms with Crippen molar-refractivity contribution in [2.45, 2.75) is 45.6 Å². The van der Waals surface area contributed by atoms with Gasteiger partial charge in [-0.05, 0) is 31.1 Å². The fourth-order valence-electron chi connectivity index (χ4n) is 3.85. The smallest absolute Gasteiger partial charge is 0.306 e. The van der Waals surface area contributed by atoms with Crippen LogP contribution in [0.2, 0.25) is 0 Å². The number of carbonyl (C=O) groups is 1. The lowest BCUT2D eigenvalue weighted by Crippen LogP contribution is -2.41. The zero-order valence-electron chi connectivity index (χ0n) is 10.7. The van der Waals surface area contributed by atoms with E-state index in [0.717, 1.165) is 19.3 Å². The van der Waals surface area contributed by atoms with E-state index >= 15 is 0 Å². The maximum atomic E-state index is 11.6. The third-order valence-corrected chi connectivity index (χ3v) is 5.20. The Morgan fingerprint density at radius 2 is 1.89 bits per heavy atom. The fourth-order valence-corrected chi connectivity index (χ4v) is 4.98. The molecule has 1 spiro atoms. The van der Waals surface area contributed by atoms with Gasteiger partial charge in [0.05, 0.1) is 6.42 Å². The summed E-state index contributed by atoms with van der Waals surface area (Å²) >= 11 is 0. The molecule has 0 aromatic carbocycles. The summed E-state index contributed by atoms with van der Waals surface area (Å²) in [5.41, 5.74) is -0.323. The second kappa shape index (κ2) is 4.67. The predicted molar refractivity (Wildman–Crippen MR) is 68.7 cm³/mol. The van der Waals surface area contributed by atoms with Crippen LogP contribution in [0.4, 0.5) is 0 Å². The van der Waals surface area contributed by atoms with Crippen molar-refractivity contribution in [1.29, 1.82) is 0 Å². The van der Waals surface area contributed by atoms with Gasteiger partial charge in [0.2, 0.25) is 9.05 Å². The van der Waals surface area contributed by atoms with E-state index in [9.17, 15) is 13.2 Å². The Kier molecular flexibility index (Phi) is 3.67. The van der Waals surface area contributed by atoms with Crippen molar-refractivity contribution < 1.29 is 17.9 Å². The van der Waals surface area contributed by atoms with E-state index in [1.54, 1.807) is 0 Å². The van der Waals surface area contributed by atoms with E-state index in [-0.39, 0.29) is 17.1 Å².